The number of anilines is 1. The highest BCUT2D eigenvalue weighted by Gasteiger charge is 2.25. The number of non-ortho nitro benzene ring substituents is 1. The average molecular weight is 473 g/mol. The van der Waals surface area contributed by atoms with Crippen molar-refractivity contribution in [2.75, 3.05) is 58.5 Å². The Balaban J connectivity index is 1.72. The van der Waals surface area contributed by atoms with E-state index in [4.69, 9.17) is 19.2 Å². The first-order chi connectivity index (χ1) is 16.0. The van der Waals surface area contributed by atoms with E-state index in [1.807, 2.05) is 0 Å². The molecule has 2 aromatic carbocycles. The number of rotatable bonds is 8. The van der Waals surface area contributed by atoms with Gasteiger partial charge in [-0.3, -0.25) is 24.7 Å². The number of nitro benzene ring substituents is 1. The molecule has 1 aliphatic rings. The quantitative estimate of drug-likeness (QED) is 0.363. The molecule has 2 heterocycles. The molecule has 33 heavy (non-hydrogen) atoms. The highest BCUT2D eigenvalue weighted by Crippen LogP contribution is 2.40. The van der Waals surface area contributed by atoms with Gasteiger partial charge in [0.2, 0.25) is 0 Å². The number of hydrogen-bond acceptors (Lipinski definition) is 9. The fourth-order valence-corrected chi connectivity index (χ4v) is 4.75. The van der Waals surface area contributed by atoms with E-state index in [2.05, 4.69) is 4.90 Å². The van der Waals surface area contributed by atoms with Gasteiger partial charge in [0.15, 0.2) is 5.13 Å². The maximum atomic E-state index is 13.5. The first-order valence-corrected chi connectivity index (χ1v) is 11.2. The number of carbonyl (C=O) groups is 1. The van der Waals surface area contributed by atoms with E-state index < -0.39 is 4.92 Å². The third kappa shape index (κ3) is 4.90. The van der Waals surface area contributed by atoms with Crippen LogP contribution in [0.25, 0.3) is 10.2 Å². The second-order valence-corrected chi connectivity index (χ2v) is 8.34. The van der Waals surface area contributed by atoms with Crippen molar-refractivity contribution in [1.82, 2.24) is 9.88 Å². The minimum absolute atomic E-state index is 0.137. The van der Waals surface area contributed by atoms with E-state index in [-0.39, 0.29) is 17.2 Å². The molecular weight excluding hydrogens is 448 g/mol. The molecule has 1 saturated heterocycles. The van der Waals surface area contributed by atoms with E-state index in [1.54, 1.807) is 37.3 Å². The Kier molecular flexibility index (Phi) is 7.02. The Bertz CT molecular complexity index is 1120. The summed E-state index contributed by atoms with van der Waals surface area (Å²) in [6, 6.07) is 9.30. The molecule has 10 nitrogen and oxygen atoms in total. The Morgan fingerprint density at radius 3 is 2.64 bits per heavy atom. The van der Waals surface area contributed by atoms with Gasteiger partial charge in [-0.1, -0.05) is 17.4 Å². The van der Waals surface area contributed by atoms with E-state index in [0.717, 1.165) is 17.8 Å². The van der Waals surface area contributed by atoms with Crippen LogP contribution < -0.4 is 14.4 Å². The molecule has 0 unspecified atom stereocenters. The van der Waals surface area contributed by atoms with Crippen LogP contribution >= 0.6 is 11.3 Å². The van der Waals surface area contributed by atoms with E-state index >= 15 is 0 Å². The first kappa shape index (κ1) is 22.9. The Labute approximate surface area is 194 Å². The number of nitrogens with zero attached hydrogens (tertiary/aromatic N) is 4. The lowest BCUT2D eigenvalue weighted by Crippen LogP contribution is -2.43. The summed E-state index contributed by atoms with van der Waals surface area (Å²) in [7, 11) is 3.13. The molecule has 1 aromatic heterocycles. The summed E-state index contributed by atoms with van der Waals surface area (Å²) in [5.41, 5.74) is 0.686. The molecular formula is C22H24N4O6S. The molecule has 0 bridgehead atoms. The monoisotopic (exact) mass is 472 g/mol. The minimum atomic E-state index is -0.512. The number of ether oxygens (including phenoxy) is 3. The minimum Gasteiger partial charge on any atom is -0.495 e. The van der Waals surface area contributed by atoms with Crippen molar-refractivity contribution in [3.8, 4) is 11.5 Å². The summed E-state index contributed by atoms with van der Waals surface area (Å²) in [6.07, 6.45) is 0. The van der Waals surface area contributed by atoms with Gasteiger partial charge in [-0.05, 0) is 18.2 Å². The fourth-order valence-electron chi connectivity index (χ4n) is 3.65. The molecule has 0 N–H and O–H groups in total. The zero-order chi connectivity index (χ0) is 23.4. The Morgan fingerprint density at radius 1 is 1.21 bits per heavy atom. The summed E-state index contributed by atoms with van der Waals surface area (Å²) in [4.78, 5) is 32.7. The van der Waals surface area contributed by atoms with Crippen LogP contribution in [0.4, 0.5) is 10.8 Å². The number of aromatic nitrogens is 1. The molecule has 0 aliphatic carbocycles. The number of methoxy groups -OCH3 is 2. The molecule has 0 atom stereocenters. The molecule has 0 spiro atoms. The molecule has 0 radical (unpaired) electrons. The van der Waals surface area contributed by atoms with Crippen LogP contribution in [0.1, 0.15) is 10.4 Å². The van der Waals surface area contributed by atoms with Crippen LogP contribution in [0, 0.1) is 10.1 Å². The number of benzene rings is 2. The Morgan fingerprint density at radius 2 is 1.94 bits per heavy atom. The van der Waals surface area contributed by atoms with Gasteiger partial charge in [-0.25, -0.2) is 4.98 Å². The van der Waals surface area contributed by atoms with Crippen LogP contribution in [-0.4, -0.2) is 74.3 Å². The van der Waals surface area contributed by atoms with Crippen LogP contribution in [0.5, 0.6) is 11.5 Å². The highest BCUT2D eigenvalue weighted by atomic mass is 32.1. The summed E-state index contributed by atoms with van der Waals surface area (Å²) in [5.74, 6) is 0.846. The van der Waals surface area contributed by atoms with Crippen molar-refractivity contribution in [2.24, 2.45) is 0 Å². The smallest absolute Gasteiger partial charge is 0.270 e. The topological polar surface area (TPSA) is 107 Å². The van der Waals surface area contributed by atoms with Gasteiger partial charge in [0.05, 0.1) is 32.4 Å². The lowest BCUT2D eigenvalue weighted by atomic mass is 10.2. The van der Waals surface area contributed by atoms with Gasteiger partial charge in [0.25, 0.3) is 11.6 Å². The summed E-state index contributed by atoms with van der Waals surface area (Å²) in [6.45, 7) is 3.84. The van der Waals surface area contributed by atoms with Gasteiger partial charge in [-0.2, -0.15) is 0 Å². The number of hydrogen-bond donors (Lipinski definition) is 0. The second kappa shape index (κ2) is 10.1. The maximum absolute atomic E-state index is 13.5. The summed E-state index contributed by atoms with van der Waals surface area (Å²) >= 11 is 1.32. The number of morpholine rings is 1. The number of fused-ring (bicyclic) bond motifs is 1. The van der Waals surface area contributed by atoms with E-state index in [9.17, 15) is 14.9 Å². The van der Waals surface area contributed by atoms with Crippen LogP contribution in [0.3, 0.4) is 0 Å². The molecule has 11 heteroatoms. The Hall–Kier alpha value is -3.28. The SMILES string of the molecule is COc1ccc(OC)c2sc(N(CCN3CCOCC3)C(=O)c3cccc([N+](=O)[O-])c3)nc12. The van der Waals surface area contributed by atoms with Gasteiger partial charge in [0.1, 0.15) is 21.7 Å². The van der Waals surface area contributed by atoms with Crippen molar-refractivity contribution in [3.63, 3.8) is 0 Å². The van der Waals surface area contributed by atoms with Crippen LogP contribution in [0.2, 0.25) is 0 Å². The zero-order valence-electron chi connectivity index (χ0n) is 18.4. The van der Waals surface area contributed by atoms with Gasteiger partial charge >= 0.3 is 0 Å². The number of carbonyl (C=O) groups excluding carboxylic acids is 1. The molecule has 174 valence electrons. The molecule has 0 saturated carbocycles. The van der Waals surface area contributed by atoms with Crippen molar-refractivity contribution < 1.29 is 23.9 Å². The predicted octanol–water partition coefficient (Wildman–Crippen LogP) is 3.20. The molecule has 3 aromatic rings. The van der Waals surface area contributed by atoms with Crippen molar-refractivity contribution in [2.45, 2.75) is 0 Å². The normalized spacial score (nSPS) is 14.2. The van der Waals surface area contributed by atoms with Gasteiger partial charge < -0.3 is 14.2 Å². The molecule has 1 fully saturated rings. The lowest BCUT2D eigenvalue weighted by Gasteiger charge is -2.29. The summed E-state index contributed by atoms with van der Waals surface area (Å²) < 4.78 is 17.1. The van der Waals surface area contributed by atoms with Gasteiger partial charge in [-0.15, -0.1) is 0 Å². The first-order valence-electron chi connectivity index (χ1n) is 10.4. The largest absolute Gasteiger partial charge is 0.495 e. The standard InChI is InChI=1S/C22H24N4O6S/c1-30-17-6-7-18(31-2)20-19(17)23-22(33-20)25(9-8-24-10-12-32-13-11-24)21(27)15-4-3-5-16(14-15)26(28)29/h3-7,14H,8-13H2,1-2H3. The zero-order valence-corrected chi connectivity index (χ0v) is 19.2. The van der Waals surface area contributed by atoms with E-state index in [1.165, 1.54) is 29.5 Å². The van der Waals surface area contributed by atoms with Crippen molar-refractivity contribution >= 4 is 38.3 Å². The van der Waals surface area contributed by atoms with Gasteiger partial charge in [0, 0.05) is 43.9 Å². The van der Waals surface area contributed by atoms with Crippen LogP contribution in [0.15, 0.2) is 36.4 Å². The van der Waals surface area contributed by atoms with E-state index in [0.29, 0.717) is 48.5 Å². The number of amides is 1. The maximum Gasteiger partial charge on any atom is 0.270 e. The third-order valence-corrected chi connectivity index (χ3v) is 6.52. The highest BCUT2D eigenvalue weighted by molar-refractivity contribution is 7.22. The molecule has 4 rings (SSSR count). The fraction of sp³-hybridized carbons (Fsp3) is 0.364. The lowest BCUT2D eigenvalue weighted by molar-refractivity contribution is -0.384. The number of thiazole rings is 1. The summed E-state index contributed by atoms with van der Waals surface area (Å²) in [5, 5.41) is 11.7. The second-order valence-electron chi connectivity index (χ2n) is 7.36. The predicted molar refractivity (Wildman–Crippen MR) is 125 cm³/mol. The number of nitro groups is 1. The molecule has 1 aliphatic heterocycles. The third-order valence-electron chi connectivity index (χ3n) is 5.42. The van der Waals surface area contributed by atoms with Crippen molar-refractivity contribution in [1.29, 1.82) is 0 Å². The molecule has 1 amide bonds. The van der Waals surface area contributed by atoms with Crippen molar-refractivity contribution in [3.05, 3.63) is 52.1 Å². The average Bonchev–Trinajstić information content (AvgIpc) is 3.29. The van der Waals surface area contributed by atoms with Crippen LogP contribution in [-0.2, 0) is 4.74 Å².